The van der Waals surface area contributed by atoms with Gasteiger partial charge >= 0.3 is 0 Å². The number of imidazole rings is 1. The number of phenols is 1. The van der Waals surface area contributed by atoms with Crippen LogP contribution in [0.2, 0.25) is 0 Å². The van der Waals surface area contributed by atoms with Gasteiger partial charge in [-0.05, 0) is 66.0 Å². The molecule has 5 rings (SSSR count). The summed E-state index contributed by atoms with van der Waals surface area (Å²) >= 11 is 0. The minimum Gasteiger partial charge on any atom is -0.507 e. The van der Waals surface area contributed by atoms with Gasteiger partial charge in [-0.25, -0.2) is 4.57 Å². The first-order valence-corrected chi connectivity index (χ1v) is 14.3. The van der Waals surface area contributed by atoms with E-state index in [1.165, 1.54) is 27.9 Å². The van der Waals surface area contributed by atoms with E-state index in [0.29, 0.717) is 17.6 Å². The highest BCUT2D eigenvalue weighted by Crippen LogP contribution is 2.44. The van der Waals surface area contributed by atoms with Gasteiger partial charge in [-0.15, -0.1) is 0 Å². The van der Waals surface area contributed by atoms with Crippen molar-refractivity contribution in [2.45, 2.75) is 60.3 Å². The lowest BCUT2D eigenvalue weighted by Crippen LogP contribution is -2.30. The number of hydrogen-bond acceptors (Lipinski definition) is 1. The lowest BCUT2D eigenvalue weighted by Gasteiger charge is -2.20. The summed E-state index contributed by atoms with van der Waals surface area (Å²) in [7, 11) is 2.13. The van der Waals surface area contributed by atoms with Crippen molar-refractivity contribution in [1.82, 2.24) is 4.57 Å². The van der Waals surface area contributed by atoms with E-state index in [0.717, 1.165) is 39.2 Å². The summed E-state index contributed by atoms with van der Waals surface area (Å²) in [6.07, 6.45) is 4.36. The lowest BCUT2D eigenvalue weighted by atomic mass is 9.86. The fourth-order valence-corrected chi connectivity index (χ4v) is 6.03. The van der Waals surface area contributed by atoms with E-state index in [1.54, 1.807) is 0 Å². The molecule has 0 spiro atoms. The predicted molar refractivity (Wildman–Crippen MR) is 167 cm³/mol. The van der Waals surface area contributed by atoms with Gasteiger partial charge in [-0.1, -0.05) is 100 Å². The fraction of sp³-hybridized carbons (Fsp3) is 0.270. The van der Waals surface area contributed by atoms with Gasteiger partial charge < -0.3 is 5.11 Å². The Labute approximate surface area is 239 Å². The second-order valence-electron chi connectivity index (χ2n) is 11.6. The molecule has 3 nitrogen and oxygen atoms in total. The van der Waals surface area contributed by atoms with Crippen molar-refractivity contribution >= 4 is 0 Å². The molecular formula is C37H41N2O+. The predicted octanol–water partition coefficient (Wildman–Crippen LogP) is 9.18. The number of aryl methyl sites for hydroxylation is 3. The zero-order valence-corrected chi connectivity index (χ0v) is 25.1. The monoisotopic (exact) mass is 529 g/mol. The van der Waals surface area contributed by atoms with Gasteiger partial charge in [0.05, 0.1) is 12.6 Å². The molecule has 0 radical (unpaired) electrons. The molecule has 1 N–H and O–H groups in total. The molecule has 1 heterocycles. The van der Waals surface area contributed by atoms with Crippen LogP contribution in [0.25, 0.3) is 39.3 Å². The fourth-order valence-electron chi connectivity index (χ4n) is 6.03. The number of phenolic OH excluding ortho intramolecular Hbond substituents is 1. The third kappa shape index (κ3) is 4.64. The molecule has 0 fully saturated rings. The maximum Gasteiger partial charge on any atom is 0.294 e. The Balaban J connectivity index is 1.83. The Kier molecular flexibility index (Phi) is 7.42. The molecule has 1 aromatic heterocycles. The van der Waals surface area contributed by atoms with E-state index in [2.05, 4.69) is 131 Å². The van der Waals surface area contributed by atoms with Crippen molar-refractivity contribution in [2.75, 3.05) is 0 Å². The molecule has 5 aromatic rings. The zero-order valence-electron chi connectivity index (χ0n) is 25.1. The first kappa shape index (κ1) is 27.5. The van der Waals surface area contributed by atoms with E-state index in [1.807, 2.05) is 19.1 Å². The molecule has 0 aliphatic carbocycles. The summed E-state index contributed by atoms with van der Waals surface area (Å²) in [5, 5.41) is 11.5. The SMILES string of the molecule is Cc1ccc(-c2ccccc2)c(-c2ccc(C)c(-c3n(-c4c(C(C)C)cccc4C(C)C)cc[n+]3C)c2C)c1O. The van der Waals surface area contributed by atoms with Crippen molar-refractivity contribution in [1.29, 1.82) is 0 Å². The van der Waals surface area contributed by atoms with Gasteiger partial charge in [-0.3, -0.25) is 0 Å². The van der Waals surface area contributed by atoms with Crippen molar-refractivity contribution in [2.24, 2.45) is 7.05 Å². The van der Waals surface area contributed by atoms with Crippen LogP contribution in [-0.4, -0.2) is 9.67 Å². The first-order chi connectivity index (χ1) is 19.1. The average Bonchev–Trinajstić information content (AvgIpc) is 3.31. The van der Waals surface area contributed by atoms with Crippen LogP contribution in [0.15, 0.2) is 85.2 Å². The van der Waals surface area contributed by atoms with Crippen LogP contribution >= 0.6 is 0 Å². The van der Waals surface area contributed by atoms with Crippen LogP contribution in [0.3, 0.4) is 0 Å². The summed E-state index contributed by atoms with van der Waals surface area (Å²) in [6.45, 7) is 15.4. The smallest absolute Gasteiger partial charge is 0.294 e. The highest BCUT2D eigenvalue weighted by Gasteiger charge is 2.29. The molecule has 0 aliphatic rings. The lowest BCUT2D eigenvalue weighted by molar-refractivity contribution is -0.659. The summed E-state index contributed by atoms with van der Waals surface area (Å²) in [5.74, 6) is 2.26. The van der Waals surface area contributed by atoms with Crippen LogP contribution < -0.4 is 4.57 Å². The maximum atomic E-state index is 11.5. The average molecular weight is 530 g/mol. The van der Waals surface area contributed by atoms with Crippen LogP contribution in [0.4, 0.5) is 0 Å². The molecule has 0 bridgehead atoms. The van der Waals surface area contributed by atoms with Crippen molar-refractivity contribution in [3.05, 3.63) is 113 Å². The van der Waals surface area contributed by atoms with Crippen LogP contribution in [0.5, 0.6) is 5.75 Å². The Morgan fingerprint density at radius 1 is 0.675 bits per heavy atom. The Bertz CT molecular complexity index is 1660. The van der Waals surface area contributed by atoms with Crippen LogP contribution in [0.1, 0.15) is 67.3 Å². The maximum absolute atomic E-state index is 11.5. The molecule has 40 heavy (non-hydrogen) atoms. The minimum absolute atomic E-state index is 0.339. The van der Waals surface area contributed by atoms with Crippen LogP contribution in [-0.2, 0) is 7.05 Å². The molecule has 0 saturated carbocycles. The van der Waals surface area contributed by atoms with Crippen molar-refractivity contribution in [3.8, 4) is 45.1 Å². The quantitative estimate of drug-likeness (QED) is 0.218. The molecule has 3 heteroatoms. The number of benzene rings is 4. The highest BCUT2D eigenvalue weighted by atomic mass is 16.3. The van der Waals surface area contributed by atoms with Gasteiger partial charge in [0.15, 0.2) is 0 Å². The largest absolute Gasteiger partial charge is 0.507 e. The molecule has 0 atom stereocenters. The number of rotatable bonds is 6. The number of aromatic nitrogens is 2. The molecule has 0 aliphatic heterocycles. The van der Waals surface area contributed by atoms with Gasteiger partial charge in [0, 0.05) is 16.7 Å². The number of hydrogen-bond donors (Lipinski definition) is 1. The third-order valence-corrected chi connectivity index (χ3v) is 8.22. The number of aromatic hydroxyl groups is 1. The normalized spacial score (nSPS) is 11.6. The summed E-state index contributed by atoms with van der Waals surface area (Å²) < 4.78 is 4.62. The molecule has 0 saturated heterocycles. The molecule has 204 valence electrons. The summed E-state index contributed by atoms with van der Waals surface area (Å²) in [5.41, 5.74) is 12.5. The van der Waals surface area contributed by atoms with Gasteiger partial charge in [0.1, 0.15) is 23.8 Å². The Hall–Kier alpha value is -4.11. The van der Waals surface area contributed by atoms with Gasteiger partial charge in [0.2, 0.25) is 0 Å². The van der Waals surface area contributed by atoms with Crippen molar-refractivity contribution < 1.29 is 9.67 Å². The number of para-hydroxylation sites is 1. The van der Waals surface area contributed by atoms with E-state index >= 15 is 0 Å². The second kappa shape index (κ2) is 10.8. The van der Waals surface area contributed by atoms with Crippen molar-refractivity contribution in [3.63, 3.8) is 0 Å². The van der Waals surface area contributed by atoms with Gasteiger partial charge in [-0.2, -0.15) is 4.57 Å². The first-order valence-electron chi connectivity index (χ1n) is 14.3. The molecule has 0 unspecified atom stereocenters. The minimum atomic E-state index is 0.339. The van der Waals surface area contributed by atoms with E-state index in [4.69, 9.17) is 0 Å². The zero-order chi connectivity index (χ0) is 28.7. The third-order valence-electron chi connectivity index (χ3n) is 8.22. The van der Waals surface area contributed by atoms with E-state index in [9.17, 15) is 5.11 Å². The summed E-state index contributed by atoms with van der Waals surface area (Å²) in [6, 6.07) is 25.6. The van der Waals surface area contributed by atoms with E-state index in [-0.39, 0.29) is 0 Å². The highest BCUT2D eigenvalue weighted by molar-refractivity contribution is 5.92. The topological polar surface area (TPSA) is 29.0 Å². The standard InChI is InChI=1S/C37H40N2O/c1-23(2)29-15-12-16-30(24(3)4)35(29)39-22-21-38(8)37(39)33-25(5)17-19-31(27(33)7)34-32(20-18-26(6)36(34)40)28-13-10-9-11-14-28/h9-24H,1-8H3/p+1. The molecule has 4 aromatic carbocycles. The van der Waals surface area contributed by atoms with Gasteiger partial charge in [0.25, 0.3) is 5.82 Å². The molecular weight excluding hydrogens is 488 g/mol. The Morgan fingerprint density at radius 2 is 1.27 bits per heavy atom. The van der Waals surface area contributed by atoms with E-state index < -0.39 is 0 Å². The second-order valence-corrected chi connectivity index (χ2v) is 11.6. The molecule has 0 amide bonds. The Morgan fingerprint density at radius 3 is 1.90 bits per heavy atom. The summed E-state index contributed by atoms with van der Waals surface area (Å²) in [4.78, 5) is 0. The number of nitrogens with zero attached hydrogens (tertiary/aromatic N) is 2. The van der Waals surface area contributed by atoms with Crippen LogP contribution in [0, 0.1) is 20.8 Å².